The number of unbranched alkanes of at least 4 members (excludes halogenated alkanes) is 11. The number of nitrogens with zero attached hydrogens (tertiary/aromatic N) is 1. The van der Waals surface area contributed by atoms with Gasteiger partial charge in [0.2, 0.25) is 6.67 Å². The van der Waals surface area contributed by atoms with Gasteiger partial charge in [-0.1, -0.05) is 83.6 Å². The summed E-state index contributed by atoms with van der Waals surface area (Å²) in [5.74, 6) is 0. The van der Waals surface area contributed by atoms with Gasteiger partial charge in [0.25, 0.3) is 0 Å². The lowest BCUT2D eigenvalue weighted by Gasteiger charge is -2.03. The van der Waals surface area contributed by atoms with Crippen LogP contribution in [0.25, 0.3) is 0 Å². The summed E-state index contributed by atoms with van der Waals surface area (Å²) in [6, 6.07) is 6.21. The number of aromatic nitrogens is 1. The maximum absolute atomic E-state index is 3.50. The monoisotopic (exact) mass is 305 g/mol. The molecule has 2 nitrogen and oxygen atoms in total. The molecule has 0 fully saturated rings. The van der Waals surface area contributed by atoms with Crippen LogP contribution in [0.1, 0.15) is 84.0 Å². The van der Waals surface area contributed by atoms with E-state index in [4.69, 9.17) is 0 Å². The summed E-state index contributed by atoms with van der Waals surface area (Å²) in [4.78, 5) is 0. The first-order valence-corrected chi connectivity index (χ1v) is 9.58. The fourth-order valence-electron chi connectivity index (χ4n) is 2.84. The van der Waals surface area contributed by atoms with Gasteiger partial charge in [-0.2, -0.15) is 4.57 Å². The zero-order valence-electron chi connectivity index (χ0n) is 14.7. The standard InChI is InChI=1S/C20H37N2/c1-2-3-4-5-6-7-8-9-10-11-12-14-17-21-20-22-18-15-13-16-19-22/h13,15-16,18-19,21H,2-12,14,17,20H2,1H3/q+1. The summed E-state index contributed by atoms with van der Waals surface area (Å²) >= 11 is 0. The second-order valence-electron chi connectivity index (χ2n) is 6.44. The van der Waals surface area contributed by atoms with E-state index in [1.807, 2.05) is 0 Å². The van der Waals surface area contributed by atoms with E-state index in [9.17, 15) is 0 Å². The summed E-state index contributed by atoms with van der Waals surface area (Å²) < 4.78 is 2.18. The molecule has 0 bridgehead atoms. The van der Waals surface area contributed by atoms with Crippen LogP contribution in [0.5, 0.6) is 0 Å². The molecule has 1 aromatic heterocycles. The van der Waals surface area contributed by atoms with Crippen molar-refractivity contribution in [1.29, 1.82) is 0 Å². The molecule has 126 valence electrons. The lowest BCUT2D eigenvalue weighted by atomic mass is 10.1. The molecular weight excluding hydrogens is 268 g/mol. The van der Waals surface area contributed by atoms with Crippen molar-refractivity contribution in [2.24, 2.45) is 0 Å². The molecule has 0 amide bonds. The average molecular weight is 306 g/mol. The van der Waals surface area contributed by atoms with Crippen LogP contribution in [0.15, 0.2) is 30.6 Å². The summed E-state index contributed by atoms with van der Waals surface area (Å²) in [6.45, 7) is 4.36. The van der Waals surface area contributed by atoms with Crippen LogP contribution < -0.4 is 9.88 Å². The first-order valence-electron chi connectivity index (χ1n) is 9.58. The highest BCUT2D eigenvalue weighted by Crippen LogP contribution is 2.11. The minimum Gasteiger partial charge on any atom is -0.262 e. The fourth-order valence-corrected chi connectivity index (χ4v) is 2.84. The highest BCUT2D eigenvalue weighted by molar-refractivity contribution is 4.83. The predicted octanol–water partition coefficient (Wildman–Crippen LogP) is 5.22. The molecule has 0 saturated carbocycles. The zero-order chi connectivity index (χ0) is 15.7. The van der Waals surface area contributed by atoms with Crippen molar-refractivity contribution >= 4 is 0 Å². The Morgan fingerprint density at radius 1 is 0.636 bits per heavy atom. The van der Waals surface area contributed by atoms with Crippen molar-refractivity contribution in [3.05, 3.63) is 30.6 Å². The molecule has 1 aromatic rings. The largest absolute Gasteiger partial charge is 0.262 e. The Morgan fingerprint density at radius 2 is 1.14 bits per heavy atom. The Morgan fingerprint density at radius 3 is 1.68 bits per heavy atom. The second-order valence-corrected chi connectivity index (χ2v) is 6.44. The number of hydrogen-bond acceptors (Lipinski definition) is 1. The summed E-state index contributed by atoms with van der Waals surface area (Å²) in [5, 5.41) is 3.50. The van der Waals surface area contributed by atoms with E-state index in [0.717, 1.165) is 13.2 Å². The molecule has 0 unspecified atom stereocenters. The van der Waals surface area contributed by atoms with Crippen molar-refractivity contribution in [3.8, 4) is 0 Å². The SMILES string of the molecule is CCCCCCCCCCCCCCNC[n+]1ccccc1. The van der Waals surface area contributed by atoms with Crippen molar-refractivity contribution in [3.63, 3.8) is 0 Å². The molecular formula is C20H37N2+. The molecule has 0 spiro atoms. The third-order valence-corrected chi connectivity index (χ3v) is 4.28. The molecule has 0 aliphatic rings. The first kappa shape index (κ1) is 19.2. The minimum atomic E-state index is 0.929. The Balaban J connectivity index is 1.73. The van der Waals surface area contributed by atoms with E-state index >= 15 is 0 Å². The normalized spacial score (nSPS) is 11.0. The quantitative estimate of drug-likeness (QED) is 0.347. The summed E-state index contributed by atoms with van der Waals surface area (Å²) in [7, 11) is 0. The van der Waals surface area contributed by atoms with Crippen LogP contribution in [0.3, 0.4) is 0 Å². The van der Waals surface area contributed by atoms with Gasteiger partial charge < -0.3 is 0 Å². The molecule has 0 saturated heterocycles. The van der Waals surface area contributed by atoms with Crippen molar-refractivity contribution < 1.29 is 4.57 Å². The first-order chi connectivity index (χ1) is 10.9. The van der Waals surface area contributed by atoms with Crippen LogP contribution in [-0.2, 0) is 6.67 Å². The molecule has 1 heterocycles. The van der Waals surface area contributed by atoms with Gasteiger partial charge in [-0.25, -0.2) is 0 Å². The third kappa shape index (κ3) is 11.7. The Kier molecular flexibility index (Phi) is 13.1. The van der Waals surface area contributed by atoms with Crippen molar-refractivity contribution in [2.75, 3.05) is 6.54 Å². The molecule has 0 aromatic carbocycles. The van der Waals surface area contributed by atoms with Crippen molar-refractivity contribution in [2.45, 2.75) is 90.6 Å². The average Bonchev–Trinajstić information content (AvgIpc) is 2.56. The molecule has 1 N–H and O–H groups in total. The van der Waals surface area contributed by atoms with E-state index in [-0.39, 0.29) is 0 Å². The van der Waals surface area contributed by atoms with Gasteiger partial charge in [0.1, 0.15) is 0 Å². The minimum absolute atomic E-state index is 0.929. The maximum Gasteiger partial charge on any atom is 0.202 e. The zero-order valence-corrected chi connectivity index (χ0v) is 14.7. The molecule has 0 radical (unpaired) electrons. The molecule has 22 heavy (non-hydrogen) atoms. The Labute approximate surface area is 138 Å². The third-order valence-electron chi connectivity index (χ3n) is 4.28. The number of rotatable bonds is 15. The van der Waals surface area contributed by atoms with Crippen molar-refractivity contribution in [1.82, 2.24) is 5.32 Å². The van der Waals surface area contributed by atoms with Crippen LogP contribution in [0.2, 0.25) is 0 Å². The van der Waals surface area contributed by atoms with Gasteiger partial charge in [0, 0.05) is 18.7 Å². The Bertz CT molecular complexity index is 324. The highest BCUT2D eigenvalue weighted by atomic mass is 15.1. The topological polar surface area (TPSA) is 15.9 Å². The molecule has 0 aliphatic heterocycles. The van der Waals surface area contributed by atoms with Gasteiger partial charge in [-0.3, -0.25) is 5.32 Å². The highest BCUT2D eigenvalue weighted by Gasteiger charge is 1.96. The summed E-state index contributed by atoms with van der Waals surface area (Å²) in [6.07, 6.45) is 21.3. The van der Waals surface area contributed by atoms with Gasteiger partial charge in [0.05, 0.1) is 0 Å². The van der Waals surface area contributed by atoms with E-state index < -0.39 is 0 Å². The molecule has 0 aliphatic carbocycles. The van der Waals surface area contributed by atoms with Gasteiger partial charge in [-0.05, 0) is 6.42 Å². The van der Waals surface area contributed by atoms with Crippen LogP contribution >= 0.6 is 0 Å². The molecule has 0 atom stereocenters. The second kappa shape index (κ2) is 15.0. The van der Waals surface area contributed by atoms with Crippen LogP contribution in [0, 0.1) is 0 Å². The lowest BCUT2D eigenvalue weighted by Crippen LogP contribution is -2.40. The number of hydrogen-bond donors (Lipinski definition) is 1. The smallest absolute Gasteiger partial charge is 0.202 e. The summed E-state index contributed by atoms with van der Waals surface area (Å²) in [5.41, 5.74) is 0. The van der Waals surface area contributed by atoms with E-state index in [2.05, 4.69) is 47.4 Å². The number of nitrogens with one attached hydrogen (secondary N) is 1. The van der Waals surface area contributed by atoms with E-state index in [1.165, 1.54) is 77.0 Å². The van der Waals surface area contributed by atoms with E-state index in [1.54, 1.807) is 0 Å². The lowest BCUT2D eigenvalue weighted by molar-refractivity contribution is -0.701. The van der Waals surface area contributed by atoms with Gasteiger partial charge in [-0.15, -0.1) is 0 Å². The van der Waals surface area contributed by atoms with E-state index in [0.29, 0.717) is 0 Å². The van der Waals surface area contributed by atoms with Gasteiger partial charge in [0.15, 0.2) is 12.4 Å². The Hall–Kier alpha value is -0.890. The fraction of sp³-hybridized carbons (Fsp3) is 0.750. The number of pyridine rings is 1. The maximum atomic E-state index is 3.50. The predicted molar refractivity (Wildman–Crippen MR) is 95.7 cm³/mol. The van der Waals surface area contributed by atoms with Crippen LogP contribution in [-0.4, -0.2) is 6.54 Å². The molecule has 1 rings (SSSR count). The molecule has 2 heteroatoms. The van der Waals surface area contributed by atoms with Gasteiger partial charge >= 0.3 is 0 Å². The van der Waals surface area contributed by atoms with Crippen LogP contribution in [0.4, 0.5) is 0 Å².